The Bertz CT molecular complexity index is 1450. The van der Waals surface area contributed by atoms with E-state index >= 15 is 0 Å². The number of nitrogens with one attached hydrogen (secondary N) is 1. The summed E-state index contributed by atoms with van der Waals surface area (Å²) in [7, 11) is -2.95. The van der Waals surface area contributed by atoms with Crippen molar-refractivity contribution in [1.29, 1.82) is 0 Å². The van der Waals surface area contributed by atoms with Gasteiger partial charge < -0.3 is 29.9 Å². The Hall–Kier alpha value is -3.27. The highest BCUT2D eigenvalue weighted by Crippen LogP contribution is 2.48. The highest BCUT2D eigenvalue weighted by Gasteiger charge is 2.54. The Labute approximate surface area is 264 Å². The molecule has 1 aromatic carbocycles. The van der Waals surface area contributed by atoms with Gasteiger partial charge in [-0.05, 0) is 63.8 Å². The summed E-state index contributed by atoms with van der Waals surface area (Å²) < 4.78 is 77.3. The van der Waals surface area contributed by atoms with Gasteiger partial charge in [-0.2, -0.15) is 23.4 Å². The van der Waals surface area contributed by atoms with E-state index in [1.807, 2.05) is 0 Å². The van der Waals surface area contributed by atoms with Crippen molar-refractivity contribution in [1.82, 2.24) is 9.76 Å². The predicted molar refractivity (Wildman–Crippen MR) is 161 cm³/mol. The molecule has 4 rings (SSSR count). The first kappa shape index (κ1) is 35.6. The number of esters is 1. The molecule has 1 saturated carbocycles. The number of nitrogens with zero attached hydrogens (tertiary/aromatic N) is 3. The van der Waals surface area contributed by atoms with Crippen LogP contribution in [-0.2, 0) is 23.4 Å². The Balaban J connectivity index is 1.48. The number of nitrogens with two attached hydrogens (primary N) is 1. The average Bonchev–Trinajstić information content (AvgIpc) is 3.54. The summed E-state index contributed by atoms with van der Waals surface area (Å²) in [6.07, 6.45) is -9.46. The highest BCUT2D eigenvalue weighted by atomic mass is 31.2. The van der Waals surface area contributed by atoms with Gasteiger partial charge in [0.1, 0.15) is 53.3 Å². The minimum absolute atomic E-state index is 0.0402. The van der Waals surface area contributed by atoms with Gasteiger partial charge in [-0.15, -0.1) is 0 Å². The molecule has 1 aromatic heterocycles. The second-order valence-electron chi connectivity index (χ2n) is 11.5. The van der Waals surface area contributed by atoms with Crippen molar-refractivity contribution in [3.05, 3.63) is 53.9 Å². The van der Waals surface area contributed by atoms with Gasteiger partial charge in [-0.3, -0.25) is 14.3 Å². The van der Waals surface area contributed by atoms with E-state index in [4.69, 9.17) is 24.3 Å². The lowest BCUT2D eigenvalue weighted by molar-refractivity contribution is -0.188. The van der Waals surface area contributed by atoms with E-state index in [0.717, 1.165) is 0 Å². The third kappa shape index (κ3) is 7.99. The van der Waals surface area contributed by atoms with Gasteiger partial charge in [0.05, 0.1) is 18.2 Å². The van der Waals surface area contributed by atoms with Gasteiger partial charge in [0.15, 0.2) is 0 Å². The van der Waals surface area contributed by atoms with Gasteiger partial charge in [0.2, 0.25) is 0 Å². The van der Waals surface area contributed by atoms with E-state index in [2.05, 4.69) is 21.9 Å². The van der Waals surface area contributed by atoms with E-state index in [1.54, 1.807) is 30.3 Å². The maximum Gasteiger partial charge on any atom is 0.459 e. The molecule has 1 aliphatic heterocycles. The number of amidine groups is 1. The van der Waals surface area contributed by atoms with Crippen LogP contribution in [0.5, 0.6) is 5.75 Å². The van der Waals surface area contributed by atoms with Crippen LogP contribution in [0.25, 0.3) is 0 Å². The van der Waals surface area contributed by atoms with E-state index < -0.39 is 68.5 Å². The fourth-order valence-corrected chi connectivity index (χ4v) is 7.01. The van der Waals surface area contributed by atoms with Crippen LogP contribution in [0.3, 0.4) is 0 Å². The molecule has 1 aliphatic carbocycles. The van der Waals surface area contributed by atoms with E-state index in [9.17, 15) is 32.7 Å². The van der Waals surface area contributed by atoms with Gasteiger partial charge >= 0.3 is 19.9 Å². The highest BCUT2D eigenvalue weighted by molar-refractivity contribution is 7.52. The first-order chi connectivity index (χ1) is 21.6. The number of hydrogen-bond donors (Lipinski definition) is 4. The lowest BCUT2D eigenvalue weighted by Crippen LogP contribution is -2.45. The number of hydrogen-bond acceptors (Lipinski definition) is 10. The van der Waals surface area contributed by atoms with Gasteiger partial charge in [-0.1, -0.05) is 18.2 Å². The minimum Gasteiger partial charge on any atom is -0.461 e. The summed E-state index contributed by atoms with van der Waals surface area (Å²) >= 11 is 0. The standard InChI is InChI=1S/C29H39F3N5O8P/c1-17(27(40)43-19-12-10-18(11-13-19)29(30,31)32)36-46(41,45-20-8-6-5-7-9-20)42-16-28(2)25(39)23(38)24(44-28)21-14-15-22(26(33)34-3)37(21)35-4/h5-9,14-15,17-19,23-25,38-39H,4,10-13,16H2,1-3H3,(H2,33,34)(H,36,41)/t17-,18?,19?,23-,24-,25-,28+,46?/m0/s1. The first-order valence-electron chi connectivity index (χ1n) is 14.6. The summed E-state index contributed by atoms with van der Waals surface area (Å²) in [6.45, 7) is 5.71. The molecule has 0 spiro atoms. The van der Waals surface area contributed by atoms with Crippen LogP contribution in [0.15, 0.2) is 52.6 Å². The molecule has 0 radical (unpaired) electrons. The lowest BCUT2D eigenvalue weighted by Gasteiger charge is -2.31. The zero-order valence-corrected chi connectivity index (χ0v) is 26.5. The van der Waals surface area contributed by atoms with E-state index in [1.165, 1.54) is 37.7 Å². The molecule has 0 bridgehead atoms. The number of aliphatic imine (C=N–C) groups is 1. The number of aromatic nitrogens is 1. The lowest BCUT2D eigenvalue weighted by atomic mass is 9.87. The number of carbonyl (C=O) groups is 1. The number of ether oxygens (including phenoxy) is 2. The summed E-state index contributed by atoms with van der Waals surface area (Å²) in [5, 5.41) is 28.4. The van der Waals surface area contributed by atoms with Crippen LogP contribution in [0, 0.1) is 5.92 Å². The molecule has 1 saturated heterocycles. The Morgan fingerprint density at radius 1 is 1.22 bits per heavy atom. The van der Waals surface area contributed by atoms with Crippen LogP contribution in [-0.4, -0.2) is 83.2 Å². The molecule has 2 aromatic rings. The molecular formula is C29H39F3N5O8P. The van der Waals surface area contributed by atoms with Crippen molar-refractivity contribution in [2.24, 2.45) is 21.7 Å². The van der Waals surface area contributed by atoms with Crippen LogP contribution in [0.1, 0.15) is 57.0 Å². The largest absolute Gasteiger partial charge is 0.461 e. The average molecular weight is 674 g/mol. The van der Waals surface area contributed by atoms with Crippen molar-refractivity contribution in [2.45, 2.75) is 81.8 Å². The number of alkyl halides is 3. The number of benzene rings is 1. The zero-order valence-electron chi connectivity index (χ0n) is 25.6. The summed E-state index contributed by atoms with van der Waals surface area (Å²) in [5.41, 5.74) is 4.96. The molecule has 5 N–H and O–H groups in total. The van der Waals surface area contributed by atoms with Crippen LogP contribution in [0.4, 0.5) is 13.2 Å². The van der Waals surface area contributed by atoms with Gasteiger partial charge in [0, 0.05) is 13.8 Å². The van der Waals surface area contributed by atoms with Crippen LogP contribution >= 0.6 is 7.75 Å². The SMILES string of the molecule is C=Nn1c(C(N)=NC)ccc1[C@@H]1O[C@](C)(COP(=O)(N[C@@H](C)C(=O)OC2CCC(C(F)(F)F)CC2)Oc2ccccc2)[C@@H](O)[C@H]1O. The molecule has 2 heterocycles. The Morgan fingerprint density at radius 2 is 1.87 bits per heavy atom. The number of rotatable bonds is 12. The molecule has 17 heteroatoms. The first-order valence-corrected chi connectivity index (χ1v) is 16.1. The monoisotopic (exact) mass is 673 g/mol. The molecule has 254 valence electrons. The minimum atomic E-state index is -4.44. The van der Waals surface area contributed by atoms with Crippen LogP contribution < -0.4 is 15.3 Å². The number of aliphatic hydroxyl groups is 2. The smallest absolute Gasteiger partial charge is 0.459 e. The molecule has 2 fully saturated rings. The van der Waals surface area contributed by atoms with Gasteiger partial charge in [-0.25, -0.2) is 9.24 Å². The van der Waals surface area contributed by atoms with Crippen molar-refractivity contribution < 1.29 is 51.3 Å². The second-order valence-corrected chi connectivity index (χ2v) is 13.2. The summed E-state index contributed by atoms with van der Waals surface area (Å²) in [4.78, 5) is 16.8. The number of aliphatic hydroxyl groups excluding tert-OH is 2. The molecule has 46 heavy (non-hydrogen) atoms. The normalized spacial score (nSPS) is 29.1. The molecule has 0 amide bonds. The summed E-state index contributed by atoms with van der Waals surface area (Å²) in [5.74, 6) is -2.04. The molecule has 2 aliphatic rings. The fraction of sp³-hybridized carbons (Fsp3) is 0.552. The van der Waals surface area contributed by atoms with E-state index in [0.29, 0.717) is 11.4 Å². The maximum atomic E-state index is 14.1. The zero-order chi connectivity index (χ0) is 33.9. The molecule has 13 nitrogen and oxygen atoms in total. The third-order valence-electron chi connectivity index (χ3n) is 8.09. The maximum absolute atomic E-state index is 14.1. The number of halogens is 3. The quantitative estimate of drug-likeness (QED) is 0.112. The van der Waals surface area contributed by atoms with E-state index in [-0.39, 0.29) is 37.3 Å². The molecule has 1 unspecified atom stereocenters. The fourth-order valence-electron chi connectivity index (χ4n) is 5.42. The van der Waals surface area contributed by atoms with Crippen molar-refractivity contribution in [3.63, 3.8) is 0 Å². The van der Waals surface area contributed by atoms with Crippen molar-refractivity contribution in [2.75, 3.05) is 13.7 Å². The predicted octanol–water partition coefficient (Wildman–Crippen LogP) is 3.68. The summed E-state index contributed by atoms with van der Waals surface area (Å²) in [6, 6.07) is 9.83. The van der Waals surface area contributed by atoms with Crippen molar-refractivity contribution in [3.8, 4) is 5.75 Å². The number of carbonyl (C=O) groups excluding carboxylic acids is 1. The molecular weight excluding hydrogens is 634 g/mol. The third-order valence-corrected chi connectivity index (χ3v) is 9.72. The topological polar surface area (TPSA) is 179 Å². The van der Waals surface area contributed by atoms with Gasteiger partial charge in [0.25, 0.3) is 0 Å². The Morgan fingerprint density at radius 3 is 2.46 bits per heavy atom. The van der Waals surface area contributed by atoms with Crippen molar-refractivity contribution >= 4 is 26.3 Å². The number of para-hydroxylation sites is 1. The Kier molecular flexibility index (Phi) is 11.0. The second kappa shape index (κ2) is 14.2. The molecule has 6 atom stereocenters. The van der Waals surface area contributed by atoms with Crippen LogP contribution in [0.2, 0.25) is 0 Å².